The second-order valence-electron chi connectivity index (χ2n) is 14.2. The molecule has 0 bridgehead atoms. The smallest absolute Gasteiger partial charge is 0.273 e. The summed E-state index contributed by atoms with van der Waals surface area (Å²) in [6.45, 7) is 15.6. The van der Waals surface area contributed by atoms with E-state index in [0.29, 0.717) is 132 Å². The molecule has 1 aromatic rings. The summed E-state index contributed by atoms with van der Waals surface area (Å²) in [5, 5.41) is 12.2. The molecule has 1 aromatic heterocycles. The highest BCUT2D eigenvalue weighted by molar-refractivity contribution is 6.01. The van der Waals surface area contributed by atoms with Gasteiger partial charge in [-0.2, -0.15) is 0 Å². The first-order valence-electron chi connectivity index (χ1n) is 20.1. The minimum atomic E-state index is -0.748. The van der Waals surface area contributed by atoms with E-state index < -0.39 is 23.4 Å². The first-order valence-corrected chi connectivity index (χ1v) is 20.1. The van der Waals surface area contributed by atoms with E-state index in [1.807, 2.05) is 27.7 Å². The number of methoxy groups -OCH3 is 2. The largest absolute Gasteiger partial charge is 0.382 e. The number of nitrogens with one attached hydrogen (secondary N) is 4. The van der Waals surface area contributed by atoms with Gasteiger partial charge in [-0.25, -0.2) is 9.97 Å². The molecule has 3 rings (SSSR count). The molecule has 0 radical (unpaired) electrons. The Bertz CT molecular complexity index is 1200. The van der Waals surface area contributed by atoms with Gasteiger partial charge >= 0.3 is 0 Å². The molecule has 4 N–H and O–H groups in total. The van der Waals surface area contributed by atoms with Crippen LogP contribution in [0.3, 0.4) is 0 Å². The molecule has 2 unspecified atom stereocenters. The third kappa shape index (κ3) is 20.9. The van der Waals surface area contributed by atoms with Crippen molar-refractivity contribution in [2.75, 3.05) is 157 Å². The lowest BCUT2D eigenvalue weighted by molar-refractivity contribution is -0.138. The van der Waals surface area contributed by atoms with Crippen molar-refractivity contribution in [1.82, 2.24) is 20.6 Å². The lowest BCUT2D eigenvalue weighted by Gasteiger charge is -2.19. The number of ether oxygens (including phenoxy) is 12. The molecular weight excluding hydrogens is 764 g/mol. The normalized spacial score (nSPS) is 18.4. The maximum atomic E-state index is 13.7. The number of aromatic nitrogens is 2. The molecule has 2 atom stereocenters. The summed E-state index contributed by atoms with van der Waals surface area (Å²) in [6.07, 6.45) is 0.465. The Morgan fingerprint density at radius 2 is 0.879 bits per heavy atom. The summed E-state index contributed by atoms with van der Waals surface area (Å²) in [6, 6.07) is 0. The van der Waals surface area contributed by atoms with Gasteiger partial charge in [-0.3, -0.25) is 9.59 Å². The van der Waals surface area contributed by atoms with E-state index in [1.54, 1.807) is 14.2 Å². The zero-order valence-electron chi connectivity index (χ0n) is 35.3. The number of amides is 2. The number of rotatable bonds is 34. The van der Waals surface area contributed by atoms with E-state index in [4.69, 9.17) is 56.8 Å². The van der Waals surface area contributed by atoms with Crippen molar-refractivity contribution < 1.29 is 66.4 Å². The van der Waals surface area contributed by atoms with E-state index >= 15 is 0 Å². The first kappa shape index (κ1) is 49.5. The maximum absolute atomic E-state index is 13.7. The number of anilines is 2. The molecule has 2 fully saturated rings. The summed E-state index contributed by atoms with van der Waals surface area (Å²) in [5.41, 5.74) is 0.0151. The van der Waals surface area contributed by atoms with Gasteiger partial charge < -0.3 is 78.1 Å². The Kier molecular flexibility index (Phi) is 24.4. The number of carbonyl (C=O) groups is 2. The van der Waals surface area contributed by atoms with Crippen molar-refractivity contribution in [1.29, 1.82) is 0 Å². The van der Waals surface area contributed by atoms with Gasteiger partial charge in [-0.1, -0.05) is 0 Å². The van der Waals surface area contributed by atoms with E-state index in [9.17, 15) is 9.59 Å². The molecule has 2 saturated heterocycles. The van der Waals surface area contributed by atoms with E-state index in [0.717, 1.165) is 0 Å². The number of carbonyl (C=O) groups excluding carboxylic acids is 2. The van der Waals surface area contributed by atoms with Gasteiger partial charge in [0.25, 0.3) is 11.8 Å². The van der Waals surface area contributed by atoms with Crippen LogP contribution >= 0.6 is 0 Å². The molecule has 2 aliphatic heterocycles. The third-order valence-electron chi connectivity index (χ3n) is 8.31. The summed E-state index contributed by atoms with van der Waals surface area (Å²) < 4.78 is 66.2. The summed E-state index contributed by atoms with van der Waals surface area (Å²) in [4.78, 5) is 36.7. The SMILES string of the molecule is COCCOCCOCCOCCCNc1nc(C(=O)NCC2COC(C)(C)O2)c(NCCCOCCOCCOCCOC)nc1C(=O)NCC1COC(C)(C)O1. The molecule has 20 heteroatoms. The van der Waals surface area contributed by atoms with Crippen molar-refractivity contribution in [2.24, 2.45) is 0 Å². The van der Waals surface area contributed by atoms with Crippen LogP contribution in [0.2, 0.25) is 0 Å². The predicted octanol–water partition coefficient (Wildman–Crippen LogP) is 1.24. The Hall–Kier alpha value is -2.86. The first-order chi connectivity index (χ1) is 28.0. The minimum absolute atomic E-state index is 0.00753. The molecule has 0 aliphatic carbocycles. The van der Waals surface area contributed by atoms with Gasteiger partial charge in [0, 0.05) is 53.6 Å². The molecule has 0 saturated carbocycles. The summed E-state index contributed by atoms with van der Waals surface area (Å²) in [5.74, 6) is -2.21. The van der Waals surface area contributed by atoms with E-state index in [-0.39, 0.29) is 48.3 Å². The molecule has 0 aromatic carbocycles. The lowest BCUT2D eigenvalue weighted by atomic mass is 10.2. The highest BCUT2D eigenvalue weighted by Gasteiger charge is 2.34. The van der Waals surface area contributed by atoms with E-state index in [2.05, 4.69) is 31.2 Å². The van der Waals surface area contributed by atoms with Crippen molar-refractivity contribution in [3.05, 3.63) is 11.4 Å². The van der Waals surface area contributed by atoms with Crippen LogP contribution in [0.15, 0.2) is 0 Å². The zero-order valence-corrected chi connectivity index (χ0v) is 35.3. The van der Waals surface area contributed by atoms with Crippen molar-refractivity contribution >= 4 is 23.5 Å². The van der Waals surface area contributed by atoms with Crippen LogP contribution in [0, 0.1) is 0 Å². The number of hydrogen-bond donors (Lipinski definition) is 4. The fourth-order valence-corrected chi connectivity index (χ4v) is 5.44. The van der Waals surface area contributed by atoms with Gasteiger partial charge in [0.05, 0.1) is 92.5 Å². The van der Waals surface area contributed by atoms with Gasteiger partial charge in [0.1, 0.15) is 12.2 Å². The Morgan fingerprint density at radius 1 is 0.552 bits per heavy atom. The second kappa shape index (κ2) is 28.6. The molecule has 2 amide bonds. The van der Waals surface area contributed by atoms with Gasteiger partial charge in [-0.05, 0) is 40.5 Å². The molecule has 20 nitrogen and oxygen atoms in total. The topological polar surface area (TPSA) is 219 Å². The molecule has 334 valence electrons. The van der Waals surface area contributed by atoms with Crippen molar-refractivity contribution in [3.63, 3.8) is 0 Å². The molecule has 0 spiro atoms. The van der Waals surface area contributed by atoms with Crippen LogP contribution < -0.4 is 21.3 Å². The zero-order chi connectivity index (χ0) is 41.9. The fraction of sp³-hybridized carbons (Fsp3) is 0.842. The number of nitrogens with zero attached hydrogens (tertiary/aromatic N) is 2. The minimum Gasteiger partial charge on any atom is -0.382 e. The van der Waals surface area contributed by atoms with Crippen LogP contribution in [-0.4, -0.2) is 192 Å². The second-order valence-corrected chi connectivity index (χ2v) is 14.2. The molecule has 3 heterocycles. The van der Waals surface area contributed by atoms with Crippen molar-refractivity contribution in [2.45, 2.75) is 64.3 Å². The van der Waals surface area contributed by atoms with Gasteiger partial charge in [-0.15, -0.1) is 0 Å². The lowest BCUT2D eigenvalue weighted by Crippen LogP contribution is -2.37. The Labute approximate surface area is 342 Å². The number of hydrogen-bond acceptors (Lipinski definition) is 18. The van der Waals surface area contributed by atoms with Crippen LogP contribution in [0.4, 0.5) is 11.6 Å². The van der Waals surface area contributed by atoms with E-state index in [1.165, 1.54) is 0 Å². The highest BCUT2D eigenvalue weighted by atomic mass is 16.7. The maximum Gasteiger partial charge on any atom is 0.273 e. The average Bonchev–Trinajstić information content (AvgIpc) is 3.75. The molecule has 58 heavy (non-hydrogen) atoms. The van der Waals surface area contributed by atoms with Gasteiger partial charge in [0.2, 0.25) is 0 Å². The predicted molar refractivity (Wildman–Crippen MR) is 211 cm³/mol. The van der Waals surface area contributed by atoms with Crippen LogP contribution in [0.25, 0.3) is 0 Å². The van der Waals surface area contributed by atoms with Crippen LogP contribution in [0.1, 0.15) is 61.5 Å². The molecule has 2 aliphatic rings. The fourth-order valence-electron chi connectivity index (χ4n) is 5.44. The molecular formula is C38H68N6O14. The van der Waals surface area contributed by atoms with Crippen LogP contribution in [0.5, 0.6) is 0 Å². The Balaban J connectivity index is 1.61. The van der Waals surface area contributed by atoms with Crippen LogP contribution in [-0.2, 0) is 56.8 Å². The summed E-state index contributed by atoms with van der Waals surface area (Å²) in [7, 11) is 3.25. The standard InChI is InChI=1S/C38H68N6O14/c1-37(2)55-27-29(57-37)25-41-35(45)31-33(39-9-7-11-49-17-19-53-23-21-51-15-13-47-5)44-32(36(46)42-26-30-28-56-38(3,4)58-30)34(43-31)40-10-8-12-50-18-20-54-24-22-52-16-14-48-6/h29-30H,7-28H2,1-6H3,(H,40,43)(H,39,44)(H,41,45)(H,42,46). The van der Waals surface area contributed by atoms with Crippen molar-refractivity contribution in [3.8, 4) is 0 Å². The Morgan fingerprint density at radius 3 is 1.19 bits per heavy atom. The third-order valence-corrected chi connectivity index (χ3v) is 8.31. The van der Waals surface area contributed by atoms with Gasteiger partial charge in [0.15, 0.2) is 34.6 Å². The monoisotopic (exact) mass is 832 g/mol. The average molecular weight is 833 g/mol. The summed E-state index contributed by atoms with van der Waals surface area (Å²) >= 11 is 0. The highest BCUT2D eigenvalue weighted by Crippen LogP contribution is 2.24. The quantitative estimate of drug-likeness (QED) is 0.0718.